The van der Waals surface area contributed by atoms with Crippen LogP contribution in [0, 0.1) is 5.92 Å². The normalized spacial score (nSPS) is 14.9. The van der Waals surface area contributed by atoms with E-state index in [4.69, 9.17) is 5.73 Å². The van der Waals surface area contributed by atoms with Crippen molar-refractivity contribution in [3.8, 4) is 0 Å². The van der Waals surface area contributed by atoms with Crippen molar-refractivity contribution in [2.75, 3.05) is 18.4 Å². The maximum atomic E-state index is 12.7. The molecule has 1 unspecified atom stereocenters. The monoisotopic (exact) mass is 489 g/mol. The van der Waals surface area contributed by atoms with Gasteiger partial charge in [-0.3, -0.25) is 19.2 Å². The van der Waals surface area contributed by atoms with Crippen LogP contribution in [0.15, 0.2) is 42.5 Å². The van der Waals surface area contributed by atoms with E-state index in [1.807, 2.05) is 43.3 Å². The molecule has 33 heavy (non-hydrogen) atoms. The number of carbonyl (C=O) groups excluding carboxylic acids is 4. The van der Waals surface area contributed by atoms with Crippen molar-refractivity contribution in [2.24, 2.45) is 11.7 Å². The Morgan fingerprint density at radius 2 is 1.64 bits per heavy atom. The van der Waals surface area contributed by atoms with Gasteiger partial charge in [-0.2, -0.15) is 0 Å². The first-order valence-electron chi connectivity index (χ1n) is 10.2. The summed E-state index contributed by atoms with van der Waals surface area (Å²) in [5, 5.41) is 9.51. The Bertz CT molecular complexity index is 1260. The quantitative estimate of drug-likeness (QED) is 0.279. The number of nitrogens with one attached hydrogen (secondary N) is 2. The van der Waals surface area contributed by atoms with Crippen LogP contribution in [-0.2, 0) is 20.8 Å². The zero-order chi connectivity index (χ0) is 22.1. The predicted octanol–water partition coefficient (Wildman–Crippen LogP) is 3.18. The second kappa shape index (κ2) is 10.7. The maximum absolute atomic E-state index is 12.7. The minimum absolute atomic E-state index is 0. The molecule has 9 heteroatoms. The molecule has 0 aliphatic heterocycles. The fraction of sp³-hybridized carbons (Fsp3) is 0.250. The number of primary amides is 1. The predicted molar refractivity (Wildman–Crippen MR) is 133 cm³/mol. The summed E-state index contributed by atoms with van der Waals surface area (Å²) in [6.07, 6.45) is 0.969. The van der Waals surface area contributed by atoms with Crippen LogP contribution in [0.25, 0.3) is 21.5 Å². The van der Waals surface area contributed by atoms with Crippen molar-refractivity contribution in [3.63, 3.8) is 0 Å². The van der Waals surface area contributed by atoms with Gasteiger partial charge in [0, 0.05) is 17.7 Å². The van der Waals surface area contributed by atoms with E-state index in [0.717, 1.165) is 34.5 Å². The lowest BCUT2D eigenvalue weighted by molar-refractivity contribution is -0.130. The summed E-state index contributed by atoms with van der Waals surface area (Å²) in [6.45, 7) is 3.06. The number of ketones is 2. The number of hydrogen-bond acceptors (Lipinski definition) is 5. The molecular weight excluding hydrogens is 465 g/mol. The molecule has 1 aliphatic carbocycles. The van der Waals surface area contributed by atoms with Gasteiger partial charge >= 0.3 is 0 Å². The summed E-state index contributed by atoms with van der Waals surface area (Å²) in [5.74, 6) is -3.43. The van der Waals surface area contributed by atoms with Gasteiger partial charge in [0.05, 0.1) is 6.54 Å². The SMILES string of the molecule is CCCNCC(=O)Nc1ccc2cc3cc4c(cc3cc2c1)C(=O)C(C(N)=O)C(=O)C4.Cl.Cl. The molecule has 0 spiro atoms. The summed E-state index contributed by atoms with van der Waals surface area (Å²) >= 11 is 0. The van der Waals surface area contributed by atoms with Crippen LogP contribution in [0.1, 0.15) is 29.3 Å². The standard InChI is InChI=1S/C24H23N3O4.2ClH/c1-2-5-26-12-21(29)27-18-4-3-13-6-14-8-17-11-20(28)22(24(25)31)23(30)19(17)10-16(14)7-15(13)9-18;;/h3-4,6-10,22,26H,2,5,11-12H2,1H3,(H2,25,31)(H,27,29);2*1H. The first kappa shape index (κ1) is 26.3. The fourth-order valence-corrected chi connectivity index (χ4v) is 4.01. The van der Waals surface area contributed by atoms with Crippen LogP contribution in [0.4, 0.5) is 5.69 Å². The Balaban J connectivity index is 0.00000193. The zero-order valence-corrected chi connectivity index (χ0v) is 19.6. The first-order chi connectivity index (χ1) is 14.9. The van der Waals surface area contributed by atoms with Crippen LogP contribution in [0.2, 0.25) is 0 Å². The number of carbonyl (C=O) groups is 4. The number of amides is 2. The summed E-state index contributed by atoms with van der Waals surface area (Å²) in [5.41, 5.74) is 6.93. The zero-order valence-electron chi connectivity index (χ0n) is 18.0. The third-order valence-corrected chi connectivity index (χ3v) is 5.51. The molecule has 7 nitrogen and oxygen atoms in total. The molecule has 0 fully saturated rings. The van der Waals surface area contributed by atoms with Crippen LogP contribution in [0.3, 0.4) is 0 Å². The fourth-order valence-electron chi connectivity index (χ4n) is 4.01. The van der Waals surface area contributed by atoms with E-state index in [1.54, 1.807) is 6.07 Å². The summed E-state index contributed by atoms with van der Waals surface area (Å²) < 4.78 is 0. The van der Waals surface area contributed by atoms with Crippen LogP contribution in [0.5, 0.6) is 0 Å². The van der Waals surface area contributed by atoms with Gasteiger partial charge in [-0.15, -0.1) is 24.8 Å². The smallest absolute Gasteiger partial charge is 0.238 e. The number of anilines is 1. The molecular formula is C24H25Cl2N3O4. The van der Waals surface area contributed by atoms with Gasteiger partial charge in [0.1, 0.15) is 0 Å². The molecule has 4 N–H and O–H groups in total. The van der Waals surface area contributed by atoms with Gasteiger partial charge in [0.15, 0.2) is 17.5 Å². The van der Waals surface area contributed by atoms with Crippen molar-refractivity contribution >= 4 is 75.4 Å². The van der Waals surface area contributed by atoms with Crippen LogP contribution >= 0.6 is 24.8 Å². The van der Waals surface area contributed by atoms with Gasteiger partial charge in [-0.05, 0) is 76.5 Å². The summed E-state index contributed by atoms with van der Waals surface area (Å²) in [6, 6.07) is 13.1. The number of Topliss-reactive ketones (excluding diaryl/α,β-unsaturated/α-hetero) is 2. The molecule has 0 saturated carbocycles. The third kappa shape index (κ3) is 5.33. The third-order valence-electron chi connectivity index (χ3n) is 5.51. The van der Waals surface area contributed by atoms with Gasteiger partial charge < -0.3 is 16.4 Å². The number of benzene rings is 3. The Morgan fingerprint density at radius 1 is 0.970 bits per heavy atom. The first-order valence-corrected chi connectivity index (χ1v) is 10.2. The Kier molecular flexibility index (Phi) is 8.55. The molecule has 3 aromatic rings. The highest BCUT2D eigenvalue weighted by molar-refractivity contribution is 6.27. The highest BCUT2D eigenvalue weighted by Gasteiger charge is 2.38. The van der Waals surface area contributed by atoms with Crippen molar-refractivity contribution < 1.29 is 19.2 Å². The van der Waals surface area contributed by atoms with Gasteiger partial charge in [0.2, 0.25) is 11.8 Å². The molecule has 0 radical (unpaired) electrons. The molecule has 1 atom stereocenters. The van der Waals surface area contributed by atoms with Crippen molar-refractivity contribution in [3.05, 3.63) is 53.6 Å². The van der Waals surface area contributed by atoms with Crippen molar-refractivity contribution in [1.82, 2.24) is 5.32 Å². The average Bonchev–Trinajstić information content (AvgIpc) is 2.71. The molecule has 0 bridgehead atoms. The van der Waals surface area contributed by atoms with E-state index in [2.05, 4.69) is 10.6 Å². The van der Waals surface area contributed by atoms with Crippen molar-refractivity contribution in [1.29, 1.82) is 0 Å². The largest absolute Gasteiger partial charge is 0.369 e. The second-order valence-electron chi connectivity index (χ2n) is 7.84. The number of halogens is 2. The summed E-state index contributed by atoms with van der Waals surface area (Å²) in [7, 11) is 0. The number of rotatable bonds is 6. The molecule has 0 saturated heterocycles. The Labute approximate surface area is 203 Å². The molecule has 2 amide bonds. The Morgan fingerprint density at radius 3 is 2.33 bits per heavy atom. The minimum Gasteiger partial charge on any atom is -0.369 e. The highest BCUT2D eigenvalue weighted by atomic mass is 35.5. The lowest BCUT2D eigenvalue weighted by Gasteiger charge is -2.21. The molecule has 3 aromatic carbocycles. The number of hydrogen-bond donors (Lipinski definition) is 3. The number of fused-ring (bicyclic) bond motifs is 3. The van der Waals surface area contributed by atoms with Crippen LogP contribution < -0.4 is 16.4 Å². The van der Waals surface area contributed by atoms with E-state index in [9.17, 15) is 19.2 Å². The number of nitrogens with two attached hydrogens (primary N) is 1. The second-order valence-corrected chi connectivity index (χ2v) is 7.84. The molecule has 0 heterocycles. The topological polar surface area (TPSA) is 118 Å². The van der Waals surface area contributed by atoms with E-state index in [0.29, 0.717) is 16.8 Å². The molecule has 1 aliphatic rings. The Hall–Kier alpha value is -3.00. The molecule has 0 aromatic heterocycles. The van der Waals surface area contributed by atoms with E-state index in [1.165, 1.54) is 0 Å². The van der Waals surface area contributed by atoms with Gasteiger partial charge in [-0.25, -0.2) is 0 Å². The lowest BCUT2D eigenvalue weighted by atomic mass is 9.80. The van der Waals surface area contributed by atoms with Gasteiger partial charge in [-0.1, -0.05) is 13.0 Å². The van der Waals surface area contributed by atoms with Gasteiger partial charge in [0.25, 0.3) is 0 Å². The van der Waals surface area contributed by atoms with Crippen LogP contribution in [-0.4, -0.2) is 36.5 Å². The maximum Gasteiger partial charge on any atom is 0.238 e. The molecule has 174 valence electrons. The van der Waals surface area contributed by atoms with E-state index < -0.39 is 23.4 Å². The summed E-state index contributed by atoms with van der Waals surface area (Å²) in [4.78, 5) is 48.5. The van der Waals surface area contributed by atoms with Crippen molar-refractivity contribution in [2.45, 2.75) is 19.8 Å². The average molecular weight is 490 g/mol. The highest BCUT2D eigenvalue weighted by Crippen LogP contribution is 2.31. The minimum atomic E-state index is -1.41. The van der Waals surface area contributed by atoms with E-state index >= 15 is 0 Å². The molecule has 4 rings (SSSR count). The lowest BCUT2D eigenvalue weighted by Crippen LogP contribution is -2.41. The van der Waals surface area contributed by atoms with E-state index in [-0.39, 0.29) is 43.7 Å².